The number of thiophene rings is 1. The SMILES string of the molecule is Cc1csc(C(=O)N2CCN(c3ccc(-n4cccn4)nn3)CC2)c1. The maximum atomic E-state index is 12.5. The first kappa shape index (κ1) is 15.8. The molecule has 4 heterocycles. The summed E-state index contributed by atoms with van der Waals surface area (Å²) in [5, 5.41) is 14.7. The van der Waals surface area contributed by atoms with E-state index < -0.39 is 0 Å². The first-order valence-electron chi connectivity index (χ1n) is 8.14. The highest BCUT2D eigenvalue weighted by Crippen LogP contribution is 2.19. The number of amides is 1. The van der Waals surface area contributed by atoms with E-state index in [2.05, 4.69) is 20.2 Å². The minimum absolute atomic E-state index is 0.123. The number of aromatic nitrogens is 4. The van der Waals surface area contributed by atoms with Crippen LogP contribution >= 0.6 is 11.3 Å². The molecule has 4 rings (SSSR count). The van der Waals surface area contributed by atoms with Crippen LogP contribution in [0.4, 0.5) is 5.82 Å². The molecule has 1 aliphatic heterocycles. The highest BCUT2D eigenvalue weighted by molar-refractivity contribution is 7.12. The highest BCUT2D eigenvalue weighted by Gasteiger charge is 2.23. The predicted molar refractivity (Wildman–Crippen MR) is 96.3 cm³/mol. The first-order valence-corrected chi connectivity index (χ1v) is 9.02. The van der Waals surface area contributed by atoms with Crippen LogP contribution in [-0.2, 0) is 0 Å². The molecular formula is C17H18N6OS. The van der Waals surface area contributed by atoms with Gasteiger partial charge in [-0.2, -0.15) is 5.10 Å². The molecule has 0 spiro atoms. The van der Waals surface area contributed by atoms with Crippen molar-refractivity contribution in [2.75, 3.05) is 31.1 Å². The van der Waals surface area contributed by atoms with Crippen molar-refractivity contribution in [1.29, 1.82) is 0 Å². The Balaban J connectivity index is 1.39. The molecule has 0 N–H and O–H groups in total. The Hall–Kier alpha value is -2.74. The third kappa shape index (κ3) is 3.25. The van der Waals surface area contributed by atoms with E-state index in [-0.39, 0.29) is 5.91 Å². The fraction of sp³-hybridized carbons (Fsp3) is 0.294. The van der Waals surface area contributed by atoms with E-state index in [1.54, 1.807) is 10.9 Å². The smallest absolute Gasteiger partial charge is 0.264 e. The van der Waals surface area contributed by atoms with Crippen LogP contribution in [0.1, 0.15) is 15.2 Å². The van der Waals surface area contributed by atoms with Gasteiger partial charge in [0.2, 0.25) is 0 Å². The third-order valence-corrected chi connectivity index (χ3v) is 5.24. The summed E-state index contributed by atoms with van der Waals surface area (Å²) in [6, 6.07) is 7.66. The summed E-state index contributed by atoms with van der Waals surface area (Å²) >= 11 is 1.51. The van der Waals surface area contributed by atoms with Crippen LogP contribution in [0.5, 0.6) is 0 Å². The van der Waals surface area contributed by atoms with Gasteiger partial charge in [0.15, 0.2) is 11.6 Å². The summed E-state index contributed by atoms with van der Waals surface area (Å²) < 4.78 is 1.68. The Morgan fingerprint density at radius 1 is 1.12 bits per heavy atom. The molecule has 3 aromatic rings. The Kier molecular flexibility index (Phi) is 4.19. The van der Waals surface area contributed by atoms with Crippen molar-refractivity contribution >= 4 is 23.1 Å². The van der Waals surface area contributed by atoms with Gasteiger partial charge in [0.05, 0.1) is 4.88 Å². The second-order valence-corrected chi connectivity index (χ2v) is 6.88. The monoisotopic (exact) mass is 354 g/mol. The van der Waals surface area contributed by atoms with Gasteiger partial charge in [-0.15, -0.1) is 21.5 Å². The van der Waals surface area contributed by atoms with Crippen LogP contribution in [0.3, 0.4) is 0 Å². The van der Waals surface area contributed by atoms with Crippen molar-refractivity contribution in [3.63, 3.8) is 0 Å². The zero-order chi connectivity index (χ0) is 17.2. The van der Waals surface area contributed by atoms with Crippen LogP contribution in [0, 0.1) is 6.92 Å². The highest BCUT2D eigenvalue weighted by atomic mass is 32.1. The summed E-state index contributed by atoms with van der Waals surface area (Å²) in [6.07, 6.45) is 3.54. The van der Waals surface area contributed by atoms with Gasteiger partial charge < -0.3 is 9.80 Å². The van der Waals surface area contributed by atoms with E-state index in [9.17, 15) is 4.79 Å². The number of rotatable bonds is 3. The molecule has 8 heteroatoms. The minimum atomic E-state index is 0.123. The van der Waals surface area contributed by atoms with Crippen molar-refractivity contribution in [1.82, 2.24) is 24.9 Å². The van der Waals surface area contributed by atoms with Crippen molar-refractivity contribution in [2.24, 2.45) is 0 Å². The molecular weight excluding hydrogens is 336 g/mol. The number of aryl methyl sites for hydroxylation is 1. The summed E-state index contributed by atoms with van der Waals surface area (Å²) in [4.78, 5) is 17.4. The number of carbonyl (C=O) groups excluding carboxylic acids is 1. The lowest BCUT2D eigenvalue weighted by atomic mass is 10.2. The van der Waals surface area contributed by atoms with E-state index in [0.29, 0.717) is 18.9 Å². The number of hydrogen-bond acceptors (Lipinski definition) is 6. The Morgan fingerprint density at radius 2 is 1.88 bits per heavy atom. The van der Waals surface area contributed by atoms with E-state index >= 15 is 0 Å². The molecule has 0 radical (unpaired) electrons. The van der Waals surface area contributed by atoms with Crippen LogP contribution in [0.2, 0.25) is 0 Å². The van der Waals surface area contributed by atoms with Crippen molar-refractivity contribution in [3.05, 3.63) is 52.5 Å². The lowest BCUT2D eigenvalue weighted by Gasteiger charge is -2.35. The standard InChI is InChI=1S/C17H18N6OS/c1-13-11-14(25-12-13)17(24)22-9-7-21(8-10-22)15-3-4-16(20-19-15)23-6-2-5-18-23/h2-6,11-12H,7-10H2,1H3. The summed E-state index contributed by atoms with van der Waals surface area (Å²) in [5.41, 5.74) is 1.14. The zero-order valence-corrected chi connectivity index (χ0v) is 14.7. The third-order valence-electron chi connectivity index (χ3n) is 4.21. The molecule has 0 aliphatic carbocycles. The Morgan fingerprint density at radius 3 is 2.48 bits per heavy atom. The zero-order valence-electron chi connectivity index (χ0n) is 13.9. The maximum absolute atomic E-state index is 12.5. The number of hydrogen-bond donors (Lipinski definition) is 0. The van der Waals surface area contributed by atoms with Crippen LogP contribution in [0.25, 0.3) is 5.82 Å². The van der Waals surface area contributed by atoms with Gasteiger partial charge in [0.25, 0.3) is 5.91 Å². The molecule has 0 unspecified atom stereocenters. The molecule has 0 aromatic carbocycles. The minimum Gasteiger partial charge on any atom is -0.352 e. The van der Waals surface area contributed by atoms with Crippen LogP contribution in [-0.4, -0.2) is 57.0 Å². The van der Waals surface area contributed by atoms with Crippen LogP contribution in [0.15, 0.2) is 42.0 Å². The van der Waals surface area contributed by atoms with E-state index in [1.807, 2.05) is 47.7 Å². The molecule has 0 bridgehead atoms. The maximum Gasteiger partial charge on any atom is 0.264 e. The summed E-state index contributed by atoms with van der Waals surface area (Å²) in [6.45, 7) is 4.91. The predicted octanol–water partition coefficient (Wildman–Crippen LogP) is 1.99. The molecule has 1 fully saturated rings. The summed E-state index contributed by atoms with van der Waals surface area (Å²) in [5.74, 6) is 1.64. The van der Waals surface area contributed by atoms with Gasteiger partial charge in [-0.05, 0) is 42.1 Å². The fourth-order valence-corrected chi connectivity index (χ4v) is 3.72. The molecule has 1 aliphatic rings. The van der Waals surface area contributed by atoms with Gasteiger partial charge in [0, 0.05) is 38.6 Å². The fourth-order valence-electron chi connectivity index (χ4n) is 2.85. The largest absolute Gasteiger partial charge is 0.352 e. The number of piperazine rings is 1. The van der Waals surface area contributed by atoms with Gasteiger partial charge in [-0.25, -0.2) is 4.68 Å². The van der Waals surface area contributed by atoms with Gasteiger partial charge in [0.1, 0.15) is 0 Å². The molecule has 1 amide bonds. The molecule has 128 valence electrons. The second-order valence-electron chi connectivity index (χ2n) is 5.97. The average molecular weight is 354 g/mol. The van der Waals surface area contributed by atoms with Gasteiger partial charge in [-0.1, -0.05) is 0 Å². The molecule has 1 saturated heterocycles. The average Bonchev–Trinajstić information content (AvgIpc) is 3.33. The number of anilines is 1. The first-order chi connectivity index (χ1) is 12.2. The normalized spacial score (nSPS) is 14.8. The number of nitrogens with zero attached hydrogens (tertiary/aromatic N) is 6. The van der Waals surface area contributed by atoms with Gasteiger partial charge >= 0.3 is 0 Å². The topological polar surface area (TPSA) is 67.2 Å². The van der Waals surface area contributed by atoms with Crippen LogP contribution < -0.4 is 4.90 Å². The molecule has 0 atom stereocenters. The Bertz CT molecular complexity index is 850. The summed E-state index contributed by atoms with van der Waals surface area (Å²) in [7, 11) is 0. The van der Waals surface area contributed by atoms with E-state index in [0.717, 1.165) is 29.3 Å². The lowest BCUT2D eigenvalue weighted by Crippen LogP contribution is -2.49. The Labute approximate surface area is 149 Å². The van der Waals surface area contributed by atoms with Crippen molar-refractivity contribution < 1.29 is 4.79 Å². The van der Waals surface area contributed by atoms with E-state index in [4.69, 9.17) is 0 Å². The van der Waals surface area contributed by atoms with Crippen molar-refractivity contribution in [3.8, 4) is 5.82 Å². The molecule has 3 aromatic heterocycles. The number of carbonyl (C=O) groups is 1. The quantitative estimate of drug-likeness (QED) is 0.720. The van der Waals surface area contributed by atoms with Gasteiger partial charge in [-0.3, -0.25) is 4.79 Å². The van der Waals surface area contributed by atoms with E-state index in [1.165, 1.54) is 11.3 Å². The lowest BCUT2D eigenvalue weighted by molar-refractivity contribution is 0.0751. The van der Waals surface area contributed by atoms with Crippen molar-refractivity contribution in [2.45, 2.75) is 6.92 Å². The molecule has 0 saturated carbocycles. The molecule has 25 heavy (non-hydrogen) atoms. The second kappa shape index (κ2) is 6.64. The molecule has 7 nitrogen and oxygen atoms in total.